The number of aryl methyl sites for hydroxylation is 1. The minimum Gasteiger partial charge on any atom is -0.508 e. The third-order valence-electron chi connectivity index (χ3n) is 4.22. The molecule has 146 valence electrons. The van der Waals surface area contributed by atoms with E-state index in [2.05, 4.69) is 88.3 Å². The van der Waals surface area contributed by atoms with Gasteiger partial charge in [-0.15, -0.1) is 11.8 Å². The van der Waals surface area contributed by atoms with Crippen LogP contribution in [0.25, 0.3) is 0 Å². The summed E-state index contributed by atoms with van der Waals surface area (Å²) in [6.07, 6.45) is -0.0958. The Morgan fingerprint density at radius 1 is 1.07 bits per heavy atom. The Morgan fingerprint density at radius 2 is 1.75 bits per heavy atom. The number of fused-ring (bicyclic) bond motifs is 1. The zero-order valence-electron chi connectivity index (χ0n) is 15.5. The first-order chi connectivity index (χ1) is 13.7. The highest BCUT2D eigenvalue weighted by Gasteiger charge is 2.33. The molecule has 4 rings (SSSR count). The van der Waals surface area contributed by atoms with Gasteiger partial charge in [-0.05, 0) is 81.7 Å². The third-order valence-corrected chi connectivity index (χ3v) is 5.58. The van der Waals surface area contributed by atoms with Crippen LogP contribution in [0.2, 0.25) is 0 Å². The Hall–Kier alpha value is -1.14. The summed E-state index contributed by atoms with van der Waals surface area (Å²) in [5.74, 6) is 1.46. The highest BCUT2D eigenvalue weighted by Crippen LogP contribution is 2.53. The van der Waals surface area contributed by atoms with Crippen molar-refractivity contribution in [2.24, 2.45) is 0 Å². The van der Waals surface area contributed by atoms with Gasteiger partial charge in [-0.25, -0.2) is 0 Å². The summed E-state index contributed by atoms with van der Waals surface area (Å²) in [6.45, 7) is 2.08. The van der Waals surface area contributed by atoms with E-state index >= 15 is 0 Å². The van der Waals surface area contributed by atoms with Crippen molar-refractivity contribution < 1.29 is 9.85 Å². The van der Waals surface area contributed by atoms with Crippen LogP contribution in [-0.4, -0.2) is 6.54 Å². The molecule has 0 saturated heterocycles. The van der Waals surface area contributed by atoms with E-state index in [4.69, 9.17) is 6.17 Å². The Balaban J connectivity index is 0.000000708. The number of ether oxygens (including phenoxy) is 1. The SMILES string of the molecule is C.S=PI.[3H]Oc1ccc([C@H]2Oc3cc(C)ccc3S[C@H]2c2ccccc2)cc1. The highest BCUT2D eigenvalue weighted by molar-refractivity contribution is 14.2. The van der Waals surface area contributed by atoms with Crippen LogP contribution < -0.4 is 4.74 Å². The van der Waals surface area contributed by atoms with Crippen LogP contribution in [0.5, 0.6) is 11.5 Å². The quantitative estimate of drug-likeness (QED) is 0.268. The molecule has 1 heterocycles. The molecule has 0 aliphatic carbocycles. The summed E-state index contributed by atoms with van der Waals surface area (Å²) in [7, 11) is 0. The third kappa shape index (κ3) is 5.69. The number of hydrogen-bond donors (Lipinski definition) is 1. The van der Waals surface area contributed by atoms with Crippen LogP contribution in [0.3, 0.4) is 0 Å². The summed E-state index contributed by atoms with van der Waals surface area (Å²) >= 11 is 8.27. The van der Waals surface area contributed by atoms with Crippen LogP contribution >= 0.6 is 38.8 Å². The molecule has 3 aromatic rings. The lowest BCUT2D eigenvalue weighted by molar-refractivity contribution is 0.191. The first-order valence-electron chi connectivity index (χ1n) is 8.72. The summed E-state index contributed by atoms with van der Waals surface area (Å²) < 4.78 is 13.4. The van der Waals surface area contributed by atoms with Gasteiger partial charge in [0.1, 0.15) is 17.6 Å². The van der Waals surface area contributed by atoms with Crippen LogP contribution in [-0.2, 0) is 11.8 Å². The zero-order valence-corrected chi connectivity index (χ0v) is 19.2. The Bertz CT molecular complexity index is 926. The van der Waals surface area contributed by atoms with Crippen LogP contribution in [0.1, 0.15) is 35.5 Å². The monoisotopic (exact) mass is 542 g/mol. The van der Waals surface area contributed by atoms with Gasteiger partial charge in [0.2, 0.25) is 0 Å². The van der Waals surface area contributed by atoms with Gasteiger partial charge in [0.25, 0.3) is 1.43 Å². The molecular formula is C22H22IO2PS2. The largest absolute Gasteiger partial charge is 0.508 e. The van der Waals surface area contributed by atoms with E-state index < -0.39 is 0 Å². The van der Waals surface area contributed by atoms with Gasteiger partial charge in [0.15, 0.2) is 0 Å². The van der Waals surface area contributed by atoms with E-state index in [1.807, 2.05) is 42.1 Å². The summed E-state index contributed by atoms with van der Waals surface area (Å²) in [5, 5.41) is 4.71. The summed E-state index contributed by atoms with van der Waals surface area (Å²) in [5.41, 5.74) is 3.51. The molecule has 6 heteroatoms. The van der Waals surface area contributed by atoms with Crippen molar-refractivity contribution in [1.29, 1.82) is 1.43 Å². The Kier molecular flexibility index (Phi) is 8.59. The van der Waals surface area contributed by atoms with Crippen molar-refractivity contribution in [2.75, 3.05) is 0 Å². The maximum absolute atomic E-state index is 7.02. The molecule has 0 amide bonds. The molecule has 0 spiro atoms. The van der Waals surface area contributed by atoms with Gasteiger partial charge in [-0.3, -0.25) is 0 Å². The molecule has 0 aromatic heterocycles. The lowest BCUT2D eigenvalue weighted by Crippen LogP contribution is -2.19. The van der Waals surface area contributed by atoms with Gasteiger partial charge in [0, 0.05) is 5.00 Å². The van der Waals surface area contributed by atoms with Gasteiger partial charge in [0.05, 0.1) is 10.1 Å². The minimum atomic E-state index is -0.0958. The molecule has 0 bridgehead atoms. The van der Waals surface area contributed by atoms with Crippen molar-refractivity contribution in [3.05, 3.63) is 89.5 Å². The topological polar surface area (TPSA) is 29.5 Å². The number of benzene rings is 3. The fourth-order valence-electron chi connectivity index (χ4n) is 2.99. The second-order valence-corrected chi connectivity index (χ2v) is 11.4. The van der Waals surface area contributed by atoms with Crippen LogP contribution in [0, 0.1) is 6.92 Å². The maximum atomic E-state index is 7.02. The van der Waals surface area contributed by atoms with Crippen LogP contribution in [0.4, 0.5) is 0 Å². The lowest BCUT2D eigenvalue weighted by Gasteiger charge is -2.34. The zero-order chi connectivity index (χ0) is 19.9. The van der Waals surface area contributed by atoms with Crippen molar-refractivity contribution in [2.45, 2.75) is 30.6 Å². The van der Waals surface area contributed by atoms with E-state index in [1.165, 1.54) is 16.0 Å². The van der Waals surface area contributed by atoms with Gasteiger partial charge in [-0.1, -0.05) is 56.0 Å². The molecule has 2 nitrogen and oxygen atoms in total. The number of phenols is 1. The standard InChI is InChI=1S/C21H18O2S.CH4.IPS/c1-14-7-12-19-18(13-14)23-20(15-8-10-17(22)11-9-15)21(24-19)16-5-3-2-4-6-16;;1-2-3/h2-13,20-22H,1H3;1H4;/t20-,21+;;/m1../s1/i/hT. The number of aromatic hydroxyl groups is 1. The second kappa shape index (κ2) is 11.1. The van der Waals surface area contributed by atoms with Crippen molar-refractivity contribution in [3.8, 4) is 11.5 Å². The normalized spacial score (nSPS) is 17.7. The molecule has 0 saturated carbocycles. The van der Waals surface area contributed by atoms with Gasteiger partial charge < -0.3 is 9.85 Å². The second-order valence-electron chi connectivity index (χ2n) is 6.08. The molecule has 1 aliphatic rings. The Labute approximate surface area is 192 Å². The summed E-state index contributed by atoms with van der Waals surface area (Å²) in [4.78, 5) is 2.14. The minimum absolute atomic E-state index is 0. The number of hydrogen-bond acceptors (Lipinski definition) is 4. The molecule has 1 aliphatic heterocycles. The molecule has 2 atom stereocenters. The van der Waals surface area contributed by atoms with E-state index in [9.17, 15) is 0 Å². The molecular weight excluding hydrogens is 518 g/mol. The maximum Gasteiger partial charge on any atom is 0.293 e. The first kappa shape index (κ1) is 21.6. The van der Waals surface area contributed by atoms with Gasteiger partial charge in [-0.2, -0.15) is 0 Å². The molecule has 0 unspecified atom stereocenters. The number of thioether (sulfide) groups is 1. The predicted molar refractivity (Wildman–Crippen MR) is 133 cm³/mol. The molecule has 28 heavy (non-hydrogen) atoms. The molecule has 0 fully saturated rings. The summed E-state index contributed by atoms with van der Waals surface area (Å²) in [6, 6.07) is 24.4. The molecule has 1 N–H and O–H groups in total. The fraction of sp³-hybridized carbons (Fsp3) is 0.182. The number of phenolic OH excluding ortho intramolecular Hbond substituents is 1. The van der Waals surface area contributed by atoms with Crippen molar-refractivity contribution in [3.63, 3.8) is 0 Å². The van der Waals surface area contributed by atoms with Crippen molar-refractivity contribution >= 4 is 50.6 Å². The molecule has 0 radical (unpaired) electrons. The van der Waals surface area contributed by atoms with E-state index in [0.717, 1.165) is 16.3 Å². The van der Waals surface area contributed by atoms with E-state index in [0.29, 0.717) is 5.75 Å². The van der Waals surface area contributed by atoms with E-state index in [-0.39, 0.29) is 18.8 Å². The smallest absolute Gasteiger partial charge is 0.293 e. The molecule has 3 aromatic carbocycles. The van der Waals surface area contributed by atoms with Crippen molar-refractivity contribution in [1.82, 2.24) is 0 Å². The lowest BCUT2D eigenvalue weighted by atomic mass is 10.00. The predicted octanol–water partition coefficient (Wildman–Crippen LogP) is 8.05. The van der Waals surface area contributed by atoms with E-state index in [1.54, 1.807) is 0 Å². The number of halogens is 1. The highest BCUT2D eigenvalue weighted by atomic mass is 127. The number of rotatable bonds is 3. The average Bonchev–Trinajstić information content (AvgIpc) is 2.74. The Morgan fingerprint density at radius 3 is 2.39 bits per heavy atom. The van der Waals surface area contributed by atoms with Crippen LogP contribution in [0.15, 0.2) is 77.7 Å². The first-order valence-corrected chi connectivity index (χ1v) is 13.9. The van der Waals surface area contributed by atoms with Gasteiger partial charge >= 0.3 is 0 Å². The average molecular weight is 542 g/mol. The fourth-order valence-corrected chi connectivity index (χ4v) is 4.26.